The number of benzene rings is 2. The molecule has 28 heavy (non-hydrogen) atoms. The van der Waals surface area contributed by atoms with Crippen LogP contribution in [0.4, 0.5) is 5.69 Å². The van der Waals surface area contributed by atoms with E-state index in [0.717, 1.165) is 11.1 Å². The van der Waals surface area contributed by atoms with Crippen molar-refractivity contribution in [2.75, 3.05) is 10.8 Å². The number of hydrogen-bond acceptors (Lipinski definition) is 3. The van der Waals surface area contributed by atoms with Crippen molar-refractivity contribution in [1.29, 1.82) is 0 Å². The normalized spacial score (nSPS) is 11.4. The Morgan fingerprint density at radius 3 is 2.21 bits per heavy atom. The lowest BCUT2D eigenvalue weighted by molar-refractivity contribution is -0.137. The van der Waals surface area contributed by atoms with Crippen molar-refractivity contribution in [3.05, 3.63) is 57.6 Å². The number of nitrogens with zero attached hydrogens (tertiary/aromatic N) is 1. The molecule has 8 heteroatoms. The highest BCUT2D eigenvalue weighted by Crippen LogP contribution is 2.35. The van der Waals surface area contributed by atoms with Crippen LogP contribution < -0.4 is 4.31 Å². The van der Waals surface area contributed by atoms with Crippen molar-refractivity contribution in [2.24, 2.45) is 0 Å². The lowest BCUT2D eigenvalue weighted by Crippen LogP contribution is -2.34. The van der Waals surface area contributed by atoms with Crippen molar-refractivity contribution < 1.29 is 18.3 Å². The zero-order valence-electron chi connectivity index (χ0n) is 15.8. The van der Waals surface area contributed by atoms with Gasteiger partial charge in [0, 0.05) is 18.0 Å². The Bertz CT molecular complexity index is 938. The monoisotopic (exact) mass is 443 g/mol. The van der Waals surface area contributed by atoms with Gasteiger partial charge >= 0.3 is 5.97 Å². The van der Waals surface area contributed by atoms with Crippen LogP contribution in [0.1, 0.15) is 37.8 Å². The molecule has 0 bridgehead atoms. The van der Waals surface area contributed by atoms with Gasteiger partial charge in [0.1, 0.15) is 4.90 Å². The standard InChI is InChI=1S/C20H23Cl2NO4S/c1-3-14-7-5-8-15(4-2)20(14)23(12-6-9-19(24)25)28(26,27)18-13-16(21)10-11-17(18)22/h5,7-8,10-11,13H,3-4,6,9,12H2,1-2H3,(H,24,25). The first-order chi connectivity index (χ1) is 13.2. The van der Waals surface area contributed by atoms with E-state index < -0.39 is 16.0 Å². The van der Waals surface area contributed by atoms with Crippen LogP contribution in [0.25, 0.3) is 0 Å². The van der Waals surface area contributed by atoms with Gasteiger partial charge in [0.05, 0.1) is 10.7 Å². The fraction of sp³-hybridized carbons (Fsp3) is 0.350. The number of anilines is 1. The average molecular weight is 444 g/mol. The first-order valence-electron chi connectivity index (χ1n) is 9.02. The fourth-order valence-corrected chi connectivity index (χ4v) is 5.37. The molecule has 152 valence electrons. The maximum absolute atomic E-state index is 13.6. The summed E-state index contributed by atoms with van der Waals surface area (Å²) >= 11 is 12.2. The summed E-state index contributed by atoms with van der Waals surface area (Å²) in [5.74, 6) is -0.974. The molecule has 0 heterocycles. The highest BCUT2D eigenvalue weighted by molar-refractivity contribution is 7.93. The third-order valence-electron chi connectivity index (χ3n) is 4.43. The molecule has 0 aliphatic heterocycles. The summed E-state index contributed by atoms with van der Waals surface area (Å²) in [6.45, 7) is 3.93. The number of carbonyl (C=O) groups is 1. The molecule has 2 aromatic carbocycles. The van der Waals surface area contributed by atoms with Crippen LogP contribution >= 0.6 is 23.2 Å². The first-order valence-corrected chi connectivity index (χ1v) is 11.2. The number of para-hydroxylation sites is 1. The lowest BCUT2D eigenvalue weighted by atomic mass is 10.0. The van der Waals surface area contributed by atoms with Gasteiger partial charge in [-0.3, -0.25) is 9.10 Å². The van der Waals surface area contributed by atoms with Gasteiger partial charge in [-0.25, -0.2) is 8.42 Å². The third kappa shape index (κ3) is 4.99. The minimum atomic E-state index is -4.05. The molecule has 0 fully saturated rings. The smallest absolute Gasteiger partial charge is 0.303 e. The van der Waals surface area contributed by atoms with E-state index in [1.807, 2.05) is 32.0 Å². The zero-order chi connectivity index (χ0) is 20.9. The Morgan fingerprint density at radius 2 is 1.68 bits per heavy atom. The van der Waals surface area contributed by atoms with E-state index in [2.05, 4.69) is 0 Å². The molecular formula is C20H23Cl2NO4S. The van der Waals surface area contributed by atoms with Crippen LogP contribution in [0.15, 0.2) is 41.3 Å². The number of carboxylic acid groups (broad SMARTS) is 1. The van der Waals surface area contributed by atoms with Gasteiger partial charge in [-0.1, -0.05) is 55.2 Å². The molecule has 1 N–H and O–H groups in total. The van der Waals surface area contributed by atoms with E-state index in [9.17, 15) is 13.2 Å². The fourth-order valence-electron chi connectivity index (χ4n) is 3.06. The molecule has 0 saturated carbocycles. The summed E-state index contributed by atoms with van der Waals surface area (Å²) in [5, 5.41) is 9.32. The molecule has 0 aromatic heterocycles. The lowest BCUT2D eigenvalue weighted by Gasteiger charge is -2.29. The molecule has 2 rings (SSSR count). The van der Waals surface area contributed by atoms with E-state index in [0.29, 0.717) is 18.5 Å². The predicted molar refractivity (Wildman–Crippen MR) is 113 cm³/mol. The number of rotatable bonds is 9. The van der Waals surface area contributed by atoms with Gasteiger partial charge < -0.3 is 5.11 Å². The maximum Gasteiger partial charge on any atom is 0.303 e. The van der Waals surface area contributed by atoms with Gasteiger partial charge in [0.2, 0.25) is 0 Å². The van der Waals surface area contributed by atoms with E-state index in [-0.39, 0.29) is 34.3 Å². The van der Waals surface area contributed by atoms with Crippen molar-refractivity contribution in [2.45, 2.75) is 44.4 Å². The molecular weight excluding hydrogens is 421 g/mol. The van der Waals surface area contributed by atoms with Gasteiger partial charge in [-0.15, -0.1) is 0 Å². The summed E-state index contributed by atoms with van der Waals surface area (Å²) < 4.78 is 28.4. The van der Waals surface area contributed by atoms with Crippen molar-refractivity contribution in [1.82, 2.24) is 0 Å². The number of aliphatic carboxylic acids is 1. The molecule has 0 aliphatic rings. The summed E-state index contributed by atoms with van der Waals surface area (Å²) in [7, 11) is -4.05. The zero-order valence-corrected chi connectivity index (χ0v) is 18.1. The summed E-state index contributed by atoms with van der Waals surface area (Å²) in [6, 6.07) is 9.95. The average Bonchev–Trinajstić information content (AvgIpc) is 2.66. The number of halogens is 2. The van der Waals surface area contributed by atoms with Crippen molar-refractivity contribution in [3.8, 4) is 0 Å². The van der Waals surface area contributed by atoms with Crippen LogP contribution in [0.2, 0.25) is 10.0 Å². The molecule has 0 unspecified atom stereocenters. The van der Waals surface area contributed by atoms with Crippen LogP contribution in [0, 0.1) is 0 Å². The number of carboxylic acids is 1. The summed E-state index contributed by atoms with van der Waals surface area (Å²) in [4.78, 5) is 10.9. The van der Waals surface area contributed by atoms with Crippen molar-refractivity contribution >= 4 is 44.9 Å². The molecule has 0 amide bonds. The Hall–Kier alpha value is -1.76. The minimum Gasteiger partial charge on any atom is -0.481 e. The molecule has 0 aliphatic carbocycles. The van der Waals surface area contributed by atoms with Crippen LogP contribution in [-0.4, -0.2) is 26.0 Å². The highest BCUT2D eigenvalue weighted by atomic mass is 35.5. The molecule has 0 spiro atoms. The second-order valence-corrected chi connectivity index (χ2v) is 8.96. The molecule has 0 saturated heterocycles. The molecule has 0 radical (unpaired) electrons. The Morgan fingerprint density at radius 1 is 1.07 bits per heavy atom. The maximum atomic E-state index is 13.6. The van der Waals surface area contributed by atoms with Gasteiger partial charge in [-0.05, 0) is 48.6 Å². The van der Waals surface area contributed by atoms with Gasteiger partial charge in [0.15, 0.2) is 0 Å². The Balaban J connectivity index is 2.66. The molecule has 5 nitrogen and oxygen atoms in total. The van der Waals surface area contributed by atoms with Crippen LogP contribution in [0.5, 0.6) is 0 Å². The Labute approximate surface area is 175 Å². The van der Waals surface area contributed by atoms with Gasteiger partial charge in [0.25, 0.3) is 10.0 Å². The van der Waals surface area contributed by atoms with E-state index in [4.69, 9.17) is 28.3 Å². The predicted octanol–water partition coefficient (Wildman–Crippen LogP) is 5.18. The van der Waals surface area contributed by atoms with E-state index in [1.54, 1.807) is 0 Å². The highest BCUT2D eigenvalue weighted by Gasteiger charge is 2.30. The summed E-state index contributed by atoms with van der Waals surface area (Å²) in [6.07, 6.45) is 1.31. The molecule has 2 aromatic rings. The third-order valence-corrected chi connectivity index (χ3v) is 6.94. The Kier molecular flexibility index (Phi) is 7.75. The second-order valence-electron chi connectivity index (χ2n) is 6.28. The topological polar surface area (TPSA) is 74.7 Å². The number of hydrogen-bond donors (Lipinski definition) is 1. The minimum absolute atomic E-state index is 0.0293. The quantitative estimate of drug-likeness (QED) is 0.579. The summed E-state index contributed by atoms with van der Waals surface area (Å²) in [5.41, 5.74) is 2.33. The second kappa shape index (κ2) is 9.63. The van der Waals surface area contributed by atoms with Crippen LogP contribution in [0.3, 0.4) is 0 Å². The van der Waals surface area contributed by atoms with Gasteiger partial charge in [-0.2, -0.15) is 0 Å². The van der Waals surface area contributed by atoms with E-state index in [1.165, 1.54) is 22.5 Å². The van der Waals surface area contributed by atoms with Crippen molar-refractivity contribution in [3.63, 3.8) is 0 Å². The molecule has 0 atom stereocenters. The number of aryl methyl sites for hydroxylation is 2. The number of sulfonamides is 1. The largest absolute Gasteiger partial charge is 0.481 e. The van der Waals surface area contributed by atoms with Crippen LogP contribution in [-0.2, 0) is 27.7 Å². The first kappa shape index (κ1) is 22.5. The SMILES string of the molecule is CCc1cccc(CC)c1N(CCCC(=O)O)S(=O)(=O)c1cc(Cl)ccc1Cl. The van der Waals surface area contributed by atoms with E-state index >= 15 is 0 Å².